The zero-order valence-electron chi connectivity index (χ0n) is 19.6. The largest absolute Gasteiger partial charge is 0.530 e. The number of aliphatic hydroxyl groups excluding tert-OH is 2. The Hall–Kier alpha value is -2.29. The molecule has 3 aliphatic heterocycles. The molecular formula is C20H20FN2O7PS. The molecule has 9 nitrogen and oxygen atoms in total. The Morgan fingerprint density at radius 3 is 3.09 bits per heavy atom. The lowest BCUT2D eigenvalue weighted by molar-refractivity contribution is -0.207. The molecule has 4 rings (SSSR count). The first-order chi connectivity index (χ1) is 16.2. The molecule has 1 aromatic rings. The zero-order valence-corrected chi connectivity index (χ0v) is 18.3. The summed E-state index contributed by atoms with van der Waals surface area (Å²) in [7, 11) is -4.79. The van der Waals surface area contributed by atoms with Crippen LogP contribution in [0.5, 0.6) is 5.75 Å². The van der Waals surface area contributed by atoms with Crippen molar-refractivity contribution in [1.29, 1.82) is 0 Å². The van der Waals surface area contributed by atoms with E-state index in [0.717, 1.165) is 11.1 Å². The first-order valence-electron chi connectivity index (χ1n) is 10.6. The maximum absolute atomic E-state index is 16.0. The third-order valence-electron chi connectivity index (χ3n) is 4.80. The number of aliphatic hydroxyl groups is 2. The molecule has 0 amide bonds. The predicted molar refractivity (Wildman–Crippen MR) is 115 cm³/mol. The summed E-state index contributed by atoms with van der Waals surface area (Å²) in [6.07, 6.45) is -1.60. The third kappa shape index (κ3) is 3.95. The molecule has 0 aromatic heterocycles. The van der Waals surface area contributed by atoms with Gasteiger partial charge in [0.1, 0.15) is 35.3 Å². The van der Waals surface area contributed by atoms with Crippen LogP contribution < -0.4 is 9.84 Å². The maximum atomic E-state index is 16.0. The highest BCUT2D eigenvalue weighted by Gasteiger charge is 2.58. The quantitative estimate of drug-likeness (QED) is 0.333. The van der Waals surface area contributed by atoms with Gasteiger partial charge in [0.05, 0.1) is 16.3 Å². The average molecular weight is 485 g/mol. The number of nitrogens with one attached hydrogen (secondary N) is 1. The second kappa shape index (κ2) is 8.24. The summed E-state index contributed by atoms with van der Waals surface area (Å²) in [6.45, 7) is 1.18. The van der Waals surface area contributed by atoms with Crippen molar-refractivity contribution in [2.24, 2.45) is 0 Å². The van der Waals surface area contributed by atoms with Gasteiger partial charge in [0, 0.05) is 11.8 Å². The number of halogens is 1. The van der Waals surface area contributed by atoms with E-state index in [9.17, 15) is 14.8 Å². The van der Waals surface area contributed by atoms with Crippen LogP contribution in [-0.2, 0) is 25.0 Å². The molecule has 12 heteroatoms. The van der Waals surface area contributed by atoms with Crippen LogP contribution in [0.25, 0.3) is 0 Å². The number of aryl methyl sites for hydroxylation is 1. The van der Waals surface area contributed by atoms with Crippen molar-refractivity contribution >= 4 is 25.0 Å². The third-order valence-corrected chi connectivity index (χ3v) is 6.29. The van der Waals surface area contributed by atoms with Crippen LogP contribution in [0.4, 0.5) is 4.39 Å². The Morgan fingerprint density at radius 2 is 2.38 bits per heavy atom. The summed E-state index contributed by atoms with van der Waals surface area (Å²) >= 11 is 5.03. The number of rotatable bonds is 4. The van der Waals surface area contributed by atoms with E-state index in [0.29, 0.717) is 11.1 Å². The summed E-state index contributed by atoms with van der Waals surface area (Å²) in [5.41, 5.74) is 1.05. The molecule has 5 atom stereocenters. The van der Waals surface area contributed by atoms with E-state index in [-0.39, 0.29) is 28.7 Å². The lowest BCUT2D eigenvalue weighted by atomic mass is 10.1. The van der Waals surface area contributed by atoms with E-state index in [1.54, 1.807) is 25.1 Å². The highest BCUT2D eigenvalue weighted by molar-refractivity contribution is 7.80. The topological polar surface area (TPSA) is 110 Å². The first kappa shape index (κ1) is 19.2. The minimum atomic E-state index is -4.79. The Bertz CT molecular complexity index is 1240. The molecule has 170 valence electrons. The number of alkyl halides is 1. The Kier molecular flexibility index (Phi) is 4.95. The summed E-state index contributed by atoms with van der Waals surface area (Å²) in [5, 5.41) is 23.6. The van der Waals surface area contributed by atoms with E-state index < -0.39 is 38.6 Å². The minimum Gasteiger partial charge on any atom is -0.403 e. The van der Waals surface area contributed by atoms with Gasteiger partial charge in [0.25, 0.3) is 5.85 Å². The Morgan fingerprint density at radius 1 is 1.62 bits per heavy atom. The van der Waals surface area contributed by atoms with E-state index in [1.807, 2.05) is 0 Å². The van der Waals surface area contributed by atoms with Crippen LogP contribution in [0.1, 0.15) is 15.2 Å². The van der Waals surface area contributed by atoms with Gasteiger partial charge >= 0.3 is 7.82 Å². The van der Waals surface area contributed by atoms with Crippen LogP contribution in [-0.4, -0.2) is 50.9 Å². The molecule has 32 heavy (non-hydrogen) atoms. The van der Waals surface area contributed by atoms with Crippen LogP contribution in [0.2, 0.25) is 0 Å². The van der Waals surface area contributed by atoms with Crippen LogP contribution >= 0.6 is 20.0 Å². The predicted octanol–water partition coefficient (Wildman–Crippen LogP) is 1.99. The number of terminal acetylenes is 1. The number of hydrogen-bond acceptors (Lipinski definition) is 9. The van der Waals surface area contributed by atoms with Crippen LogP contribution in [0.3, 0.4) is 0 Å². The van der Waals surface area contributed by atoms with Crippen molar-refractivity contribution < 1.29 is 41.6 Å². The second-order valence-corrected chi connectivity index (χ2v) is 8.93. The molecule has 0 radical (unpaired) electrons. The normalized spacial score (nSPS) is 38.4. The number of fused-ring (bicyclic) bond motifs is 1. The van der Waals surface area contributed by atoms with Crippen LogP contribution in [0.15, 0.2) is 42.4 Å². The van der Waals surface area contributed by atoms with Crippen molar-refractivity contribution in [3.05, 3.63) is 53.5 Å². The molecule has 1 unspecified atom stereocenters. The summed E-state index contributed by atoms with van der Waals surface area (Å²) < 4.78 is 74.0. The smallest absolute Gasteiger partial charge is 0.403 e. The van der Waals surface area contributed by atoms with Gasteiger partial charge < -0.3 is 29.7 Å². The molecule has 1 saturated heterocycles. The van der Waals surface area contributed by atoms with Crippen molar-refractivity contribution in [3.63, 3.8) is 0 Å². The number of phosphoric acid groups is 1. The molecule has 0 bridgehead atoms. The molecule has 0 spiro atoms. The number of hydrogen-bond donors (Lipinski definition) is 3. The maximum Gasteiger partial charge on any atom is 0.530 e. The van der Waals surface area contributed by atoms with Crippen molar-refractivity contribution in [2.45, 2.75) is 37.8 Å². The monoisotopic (exact) mass is 485 g/mol. The number of ether oxygens (including phenoxy) is 1. The molecule has 1 fully saturated rings. The van der Waals surface area contributed by atoms with Gasteiger partial charge in [-0.25, -0.2) is 8.96 Å². The van der Waals surface area contributed by atoms with E-state index >= 15 is 4.39 Å². The van der Waals surface area contributed by atoms with Gasteiger partial charge in [0.15, 0.2) is 6.20 Å². The van der Waals surface area contributed by atoms with Crippen molar-refractivity contribution in [1.82, 2.24) is 10.2 Å². The number of benzene rings is 1. The van der Waals surface area contributed by atoms with Gasteiger partial charge in [-0.1, -0.05) is 42.9 Å². The zero-order chi connectivity index (χ0) is 26.0. The van der Waals surface area contributed by atoms with Gasteiger partial charge in [-0.2, -0.15) is 0 Å². The van der Waals surface area contributed by atoms with Crippen molar-refractivity contribution in [2.75, 3.05) is 6.56 Å². The first-order valence-corrected chi connectivity index (χ1v) is 11.0. The van der Waals surface area contributed by atoms with E-state index in [1.165, 1.54) is 0 Å². The SMILES string of the molecule is [2H]C([2H])(OP1(=O)OCc2cccc(C)c2O1)[C@@]1(F)O[C@@]([2H])(N2C=C(C#C)C(=S)NC2=C)[C@H](O)[C@@H]1O. The summed E-state index contributed by atoms with van der Waals surface area (Å²) in [5.74, 6) is -1.79. The Labute approximate surface area is 193 Å². The molecule has 1 aromatic carbocycles. The molecule has 3 aliphatic rings. The highest BCUT2D eigenvalue weighted by atomic mass is 32.1. The fraction of sp³-hybridized carbons (Fsp3) is 0.350. The number of phosphoric ester groups is 1. The molecule has 0 saturated carbocycles. The lowest BCUT2D eigenvalue weighted by Gasteiger charge is -2.34. The lowest BCUT2D eigenvalue weighted by Crippen LogP contribution is -2.47. The summed E-state index contributed by atoms with van der Waals surface area (Å²) in [4.78, 5) is 0.786. The second-order valence-electron chi connectivity index (χ2n) is 7.00. The van der Waals surface area contributed by atoms with Crippen LogP contribution in [0, 0.1) is 19.3 Å². The minimum absolute atomic E-state index is 0.0161. The van der Waals surface area contributed by atoms with Crippen molar-refractivity contribution in [3.8, 4) is 18.1 Å². The molecule has 0 aliphatic carbocycles. The number of thiocarbonyl (C=S) groups is 1. The molecular weight excluding hydrogens is 462 g/mol. The standard InChI is InChI=1S/C20H20FN2O7PS/c1-4-13-8-23(12(3)22-18(13)32)19-15(24)17(25)20(21,29-19)10-28-31(26)27-9-14-7-5-6-11(2)16(14)30-31/h1,5-8,15,17,19,24-25H,3,9-10H2,2H3,(H,22,32)/t15-,17+,19-,20-,31?/m1/s1/i10D2,19D. The van der Waals surface area contributed by atoms with Gasteiger partial charge in [-0.05, 0) is 12.5 Å². The number of nitrogens with zero attached hydrogens (tertiary/aromatic N) is 1. The Balaban J connectivity index is 1.65. The van der Waals surface area contributed by atoms with Gasteiger partial charge in [-0.15, -0.1) is 6.42 Å². The molecule has 3 N–H and O–H groups in total. The van der Waals surface area contributed by atoms with Gasteiger partial charge in [0.2, 0.25) is 0 Å². The van der Waals surface area contributed by atoms with Gasteiger partial charge in [-0.3, -0.25) is 9.05 Å². The average Bonchev–Trinajstić information content (AvgIpc) is 2.95. The highest BCUT2D eigenvalue weighted by Crippen LogP contribution is 2.56. The summed E-state index contributed by atoms with van der Waals surface area (Å²) in [6, 6.07) is 4.95. The van der Waals surface area contributed by atoms with E-state index in [2.05, 4.69) is 17.8 Å². The number of para-hydroxylation sites is 1. The molecule has 3 heterocycles. The fourth-order valence-corrected chi connectivity index (χ4v) is 4.51. The fourth-order valence-electron chi connectivity index (χ4n) is 3.12. The van der Waals surface area contributed by atoms with E-state index in [4.69, 9.17) is 41.1 Å².